The fraction of sp³-hybridized carbons (Fsp3) is 0.686. The largest absolute Gasteiger partial charge is 0.370 e. The van der Waals surface area contributed by atoms with Crippen LogP contribution < -0.4 is 71.6 Å². The summed E-state index contributed by atoms with van der Waals surface area (Å²) in [6.07, 6.45) is -1.97. The van der Waals surface area contributed by atoms with Gasteiger partial charge in [0.05, 0.1) is 69.4 Å². The molecule has 1 aliphatic heterocycles. The van der Waals surface area contributed by atoms with Crippen LogP contribution in [0.4, 0.5) is 8.78 Å². The maximum Gasteiger partial charge on any atom is 0.185 e. The van der Waals surface area contributed by atoms with E-state index in [4.69, 9.17) is 34.4 Å². The van der Waals surface area contributed by atoms with Crippen molar-refractivity contribution in [1.29, 1.82) is 0 Å². The van der Waals surface area contributed by atoms with Gasteiger partial charge in [-0.25, -0.2) is 8.78 Å². The van der Waals surface area contributed by atoms with Crippen molar-refractivity contribution in [3.63, 3.8) is 0 Å². The first-order valence-corrected chi connectivity index (χ1v) is 26.4. The van der Waals surface area contributed by atoms with E-state index < -0.39 is 78.7 Å². The first kappa shape index (κ1) is 66.4. The van der Waals surface area contributed by atoms with Crippen molar-refractivity contribution in [1.82, 2.24) is 37.2 Å². The van der Waals surface area contributed by atoms with Gasteiger partial charge in [-0.3, -0.25) is 59.2 Å². The average Bonchev–Trinajstić information content (AvgIpc) is 3.34. The van der Waals surface area contributed by atoms with Crippen LogP contribution in [0.5, 0.6) is 0 Å². The summed E-state index contributed by atoms with van der Waals surface area (Å²) in [5, 5.41) is 21.0. The van der Waals surface area contributed by atoms with Crippen molar-refractivity contribution in [3.8, 4) is 0 Å². The van der Waals surface area contributed by atoms with Crippen molar-refractivity contribution in [2.24, 2.45) is 61.2 Å². The van der Waals surface area contributed by atoms with Gasteiger partial charge in [-0.2, -0.15) is 0 Å². The highest BCUT2D eigenvalue weighted by atomic mass is 19.1. The molecule has 0 amide bonds. The second-order valence-electron chi connectivity index (χ2n) is 19.9. The molecule has 1 saturated heterocycles. The number of aliphatic imine (C=N–C) groups is 3. The molecule has 0 aromatic heterocycles. The summed E-state index contributed by atoms with van der Waals surface area (Å²) in [5.74, 6) is -3.50. The van der Waals surface area contributed by atoms with Gasteiger partial charge in [-0.05, 0) is 75.2 Å². The number of nitrogens with two attached hydrogens (primary N) is 6. The molecule has 1 aromatic carbocycles. The summed E-state index contributed by atoms with van der Waals surface area (Å²) in [6, 6.07) is 4.92. The Morgan fingerprint density at radius 1 is 0.553 bits per heavy atom. The van der Waals surface area contributed by atoms with Gasteiger partial charge in [0.25, 0.3) is 0 Å². The normalized spacial score (nSPS) is 25.1. The van der Waals surface area contributed by atoms with Crippen LogP contribution in [0.25, 0.3) is 0 Å². The highest BCUT2D eigenvalue weighted by Gasteiger charge is 2.29. The van der Waals surface area contributed by atoms with E-state index in [1.165, 1.54) is 0 Å². The molecule has 1 heterocycles. The molecule has 1 aliphatic rings. The molecule has 0 spiro atoms. The van der Waals surface area contributed by atoms with E-state index in [1.807, 2.05) is 44.2 Å². The highest BCUT2D eigenvalue weighted by molar-refractivity contribution is 6.03. The minimum atomic E-state index is -1.58. The molecule has 1 fully saturated rings. The number of hydrogen-bond donors (Lipinski definition) is 13. The van der Waals surface area contributed by atoms with Crippen molar-refractivity contribution < 1.29 is 42.3 Å². The van der Waals surface area contributed by atoms with Gasteiger partial charge in [0.1, 0.15) is 23.9 Å². The SMILES string of the molecule is CC(C)C[C@@H]1NCC(=O)CNCC(F)CN[C@@H](CCCN=C(N)N)C(=O)CC(=O)[C@H](CCCN=C(N)N)NCN[C@@H](CCCN=C(N)N)C(=O)CC(C)CC(F)CC(=O)CNCC(=O)[C@H](Cc2ccccc2)NCC1=O. The zero-order chi connectivity index (χ0) is 56.4. The summed E-state index contributed by atoms with van der Waals surface area (Å²) in [5.41, 5.74) is 33.9. The van der Waals surface area contributed by atoms with Crippen LogP contribution in [0.15, 0.2) is 45.3 Å². The van der Waals surface area contributed by atoms with Gasteiger partial charge < -0.3 is 61.0 Å². The number of carbonyl (C=O) groups excluding carboxylic acids is 7. The van der Waals surface area contributed by atoms with E-state index in [9.17, 15) is 33.6 Å². The predicted octanol–water partition coefficient (Wildman–Crippen LogP) is -1.77. The minimum Gasteiger partial charge on any atom is -0.370 e. The molecule has 0 saturated carbocycles. The third-order valence-electron chi connectivity index (χ3n) is 12.4. The number of nitrogens with one attached hydrogen (secondary N) is 7. The molecule has 2 rings (SSSR count). The second-order valence-corrected chi connectivity index (χ2v) is 19.9. The van der Waals surface area contributed by atoms with Gasteiger partial charge in [0, 0.05) is 52.2 Å². The van der Waals surface area contributed by atoms with Crippen LogP contribution >= 0.6 is 0 Å². The molecule has 3 unspecified atom stereocenters. The Bertz CT molecular complexity index is 2040. The molecule has 428 valence electrons. The number of benzene rings is 1. The van der Waals surface area contributed by atoms with Crippen molar-refractivity contribution >= 4 is 58.4 Å². The molecule has 1 aromatic rings. The van der Waals surface area contributed by atoms with Crippen LogP contribution in [-0.2, 0) is 40.0 Å². The number of ketones is 7. The number of halogens is 2. The van der Waals surface area contributed by atoms with Gasteiger partial charge in [-0.15, -0.1) is 0 Å². The number of guanidine groups is 3. The summed E-state index contributed by atoms with van der Waals surface area (Å²) >= 11 is 0. The van der Waals surface area contributed by atoms with Crippen molar-refractivity contribution in [3.05, 3.63) is 35.9 Å². The van der Waals surface area contributed by atoms with Crippen molar-refractivity contribution in [2.75, 3.05) is 72.1 Å². The van der Waals surface area contributed by atoms with E-state index >= 15 is 8.78 Å². The highest BCUT2D eigenvalue weighted by Crippen LogP contribution is 2.18. The van der Waals surface area contributed by atoms with Gasteiger partial charge in [-0.1, -0.05) is 51.1 Å². The molecule has 0 bridgehead atoms. The lowest BCUT2D eigenvalue weighted by molar-refractivity contribution is -0.130. The quantitative estimate of drug-likeness (QED) is 0.0377. The topological polar surface area (TPSA) is 397 Å². The number of Topliss-reactive ketones (excluding diaryl/α,β-unsaturated/α-hetero) is 7. The Balaban J connectivity index is 2.41. The molecule has 0 aliphatic carbocycles. The summed E-state index contributed by atoms with van der Waals surface area (Å²) in [4.78, 5) is 107. The average molecular weight is 1080 g/mol. The second kappa shape index (κ2) is 37.9. The van der Waals surface area contributed by atoms with E-state index in [0.29, 0.717) is 25.7 Å². The van der Waals surface area contributed by atoms with Crippen LogP contribution in [0.3, 0.4) is 0 Å². The van der Waals surface area contributed by atoms with Crippen LogP contribution in [-0.4, -0.2) is 173 Å². The number of carbonyl (C=O) groups is 7. The predicted molar refractivity (Wildman–Crippen MR) is 292 cm³/mol. The molecule has 8 atom stereocenters. The number of hydrogen-bond acceptors (Lipinski definition) is 17. The smallest absolute Gasteiger partial charge is 0.185 e. The molecular weight excluding hydrogens is 987 g/mol. The van der Waals surface area contributed by atoms with Gasteiger partial charge >= 0.3 is 0 Å². The zero-order valence-corrected chi connectivity index (χ0v) is 44.8. The molecule has 25 heteroatoms. The van der Waals surface area contributed by atoms with Gasteiger partial charge in [0.15, 0.2) is 46.8 Å². The first-order chi connectivity index (χ1) is 36.1. The van der Waals surface area contributed by atoms with E-state index in [-0.39, 0.29) is 158 Å². The lowest BCUT2D eigenvalue weighted by Gasteiger charge is -2.24. The monoisotopic (exact) mass is 1070 g/mol. The molecule has 76 heavy (non-hydrogen) atoms. The Labute approximate surface area is 446 Å². The van der Waals surface area contributed by atoms with E-state index in [2.05, 4.69) is 52.2 Å². The zero-order valence-electron chi connectivity index (χ0n) is 44.8. The Hall–Kier alpha value is -5.70. The lowest BCUT2D eigenvalue weighted by atomic mass is 9.92. The summed E-state index contributed by atoms with van der Waals surface area (Å²) < 4.78 is 30.9. The van der Waals surface area contributed by atoms with Crippen LogP contribution in [0.2, 0.25) is 0 Å². The van der Waals surface area contributed by atoms with E-state index in [0.717, 1.165) is 5.56 Å². The fourth-order valence-corrected chi connectivity index (χ4v) is 8.53. The molecular formula is C51H88F2N16O7. The van der Waals surface area contributed by atoms with E-state index in [1.54, 1.807) is 6.92 Å². The number of rotatable bonds is 16. The standard InChI is InChI=1S/C51H88F2N16O7/c1-32(2)18-42-48(76)30-67-43(21-34-10-5-4-6-11-34)47(75)29-61-26-37(70)22-35(52)19-33(3)20-44(72)40(13-8-16-63-50(56)57)68-31-69-41(14-9-17-64-51(58)59)46(74)23-45(73)39(12-7-15-62-49(54)55)65-25-36(53)24-60-27-38(71)28-66-42/h4-6,10-11,32-33,35-36,39-43,60-61,65-69H,7-9,12-31H2,1-3H3,(H4,54,55,62)(H4,56,57,63)(H4,58,59,64)/t33?,35?,36?,39-,40-,41-,42-,43-/m0/s1. The molecule has 0 radical (unpaired) electrons. The summed E-state index contributed by atoms with van der Waals surface area (Å²) in [7, 11) is 0. The third-order valence-corrected chi connectivity index (χ3v) is 12.4. The Morgan fingerprint density at radius 2 is 1.07 bits per heavy atom. The Kier molecular flexibility index (Phi) is 33.2. The van der Waals surface area contributed by atoms with Crippen LogP contribution in [0.1, 0.15) is 97.0 Å². The molecule has 23 nitrogen and oxygen atoms in total. The maximum atomic E-state index is 15.5. The first-order valence-electron chi connectivity index (χ1n) is 26.4. The van der Waals surface area contributed by atoms with Crippen molar-refractivity contribution in [2.45, 2.75) is 140 Å². The number of alkyl halides is 2. The third kappa shape index (κ3) is 30.8. The maximum absolute atomic E-state index is 15.5. The van der Waals surface area contributed by atoms with Gasteiger partial charge in [0.2, 0.25) is 0 Å². The van der Waals surface area contributed by atoms with Crippen LogP contribution in [0, 0.1) is 11.8 Å². The summed E-state index contributed by atoms with van der Waals surface area (Å²) in [6.45, 7) is 4.35. The minimum absolute atomic E-state index is 0.0468. The molecule has 19 N–H and O–H groups in total. The fourth-order valence-electron chi connectivity index (χ4n) is 8.53. The lowest BCUT2D eigenvalue weighted by Crippen LogP contribution is -2.50. The number of nitrogens with zero attached hydrogens (tertiary/aromatic N) is 3. The Morgan fingerprint density at radius 3 is 1.62 bits per heavy atom.